The average molecular weight is 400 g/mol. The molecule has 1 saturated heterocycles. The van der Waals surface area contributed by atoms with Crippen molar-refractivity contribution in [3.05, 3.63) is 35.4 Å². The van der Waals surface area contributed by atoms with Crippen LogP contribution in [0, 0.1) is 0 Å². The van der Waals surface area contributed by atoms with Crippen LogP contribution in [-0.2, 0) is 14.3 Å². The molecule has 1 aromatic rings. The molecule has 6 atom stereocenters. The SMILES string of the molecule is CC(O)CC(C(=O)O)=C(O[C@@H]1O[C@H](CO)[C@@H](O)[C@H](O)[C@H]1O)c1ccc(O)cc1. The van der Waals surface area contributed by atoms with E-state index in [9.17, 15) is 40.5 Å². The van der Waals surface area contributed by atoms with Crippen LogP contribution in [0.4, 0.5) is 0 Å². The van der Waals surface area contributed by atoms with Crippen molar-refractivity contribution in [2.24, 2.45) is 0 Å². The fraction of sp³-hybridized carbons (Fsp3) is 0.500. The summed E-state index contributed by atoms with van der Waals surface area (Å²) in [4.78, 5) is 11.7. The van der Waals surface area contributed by atoms with E-state index in [-0.39, 0.29) is 29.1 Å². The van der Waals surface area contributed by atoms with Gasteiger partial charge in [-0.25, -0.2) is 4.79 Å². The number of phenols is 1. The first kappa shape index (κ1) is 22.1. The Balaban J connectivity index is 2.47. The Hall–Kier alpha value is -2.21. The van der Waals surface area contributed by atoms with Crippen LogP contribution in [0.2, 0.25) is 0 Å². The number of rotatable bonds is 7. The van der Waals surface area contributed by atoms with Crippen molar-refractivity contribution in [1.82, 2.24) is 0 Å². The third kappa shape index (κ3) is 4.98. The summed E-state index contributed by atoms with van der Waals surface area (Å²) >= 11 is 0. The molecule has 0 aliphatic carbocycles. The van der Waals surface area contributed by atoms with Crippen LogP contribution in [0.5, 0.6) is 5.75 Å². The molecule has 2 rings (SSSR count). The van der Waals surface area contributed by atoms with Gasteiger partial charge in [0.05, 0.1) is 18.3 Å². The lowest BCUT2D eigenvalue weighted by Gasteiger charge is -2.40. The van der Waals surface area contributed by atoms with Crippen molar-refractivity contribution < 1.29 is 50.0 Å². The van der Waals surface area contributed by atoms with E-state index in [2.05, 4.69) is 0 Å². The zero-order chi connectivity index (χ0) is 21.0. The molecule has 0 aromatic heterocycles. The Morgan fingerprint density at radius 1 is 1.14 bits per heavy atom. The molecule has 0 radical (unpaired) electrons. The summed E-state index contributed by atoms with van der Waals surface area (Å²) < 4.78 is 10.8. The number of carbonyl (C=O) groups is 1. The molecule has 7 N–H and O–H groups in total. The van der Waals surface area contributed by atoms with E-state index in [4.69, 9.17) is 9.47 Å². The summed E-state index contributed by atoms with van der Waals surface area (Å²) in [5.41, 5.74) is -0.134. The van der Waals surface area contributed by atoms with Gasteiger partial charge in [-0.15, -0.1) is 0 Å². The number of aliphatic carboxylic acids is 1. The molecule has 1 heterocycles. The first-order chi connectivity index (χ1) is 13.1. The van der Waals surface area contributed by atoms with Crippen LogP contribution >= 0.6 is 0 Å². The van der Waals surface area contributed by atoms with Crippen LogP contribution in [0.15, 0.2) is 29.8 Å². The van der Waals surface area contributed by atoms with E-state index in [1.807, 2.05) is 0 Å². The number of aromatic hydroxyl groups is 1. The molecule has 1 aromatic carbocycles. The normalized spacial score (nSPS) is 29.7. The molecule has 1 fully saturated rings. The molecule has 0 amide bonds. The third-order valence-corrected chi connectivity index (χ3v) is 4.24. The van der Waals surface area contributed by atoms with Gasteiger partial charge in [0.1, 0.15) is 35.9 Å². The molecule has 1 aliphatic rings. The number of hydrogen-bond acceptors (Lipinski definition) is 9. The van der Waals surface area contributed by atoms with Crippen molar-refractivity contribution in [2.45, 2.75) is 50.2 Å². The summed E-state index contributed by atoms with van der Waals surface area (Å²) in [6, 6.07) is 5.29. The van der Waals surface area contributed by atoms with Crippen molar-refractivity contribution >= 4 is 11.7 Å². The maximum absolute atomic E-state index is 11.7. The predicted molar refractivity (Wildman–Crippen MR) is 93.8 cm³/mol. The molecule has 0 bridgehead atoms. The molecule has 10 heteroatoms. The number of hydrogen-bond donors (Lipinski definition) is 7. The number of aliphatic hydroxyl groups is 5. The molecular weight excluding hydrogens is 376 g/mol. The molecule has 1 aliphatic heterocycles. The van der Waals surface area contributed by atoms with Crippen molar-refractivity contribution in [3.8, 4) is 5.75 Å². The van der Waals surface area contributed by atoms with Crippen LogP contribution in [0.25, 0.3) is 5.76 Å². The number of ether oxygens (including phenoxy) is 2. The van der Waals surface area contributed by atoms with Gasteiger partial charge < -0.3 is 45.2 Å². The Labute approximate surface area is 160 Å². The van der Waals surface area contributed by atoms with Gasteiger partial charge in [-0.2, -0.15) is 0 Å². The number of phenolic OH excluding ortho intramolecular Hbond substituents is 1. The zero-order valence-corrected chi connectivity index (χ0v) is 15.0. The number of carboxylic acids is 1. The Morgan fingerprint density at radius 3 is 2.25 bits per heavy atom. The Morgan fingerprint density at radius 2 is 1.75 bits per heavy atom. The van der Waals surface area contributed by atoms with E-state index in [1.165, 1.54) is 31.2 Å². The van der Waals surface area contributed by atoms with Gasteiger partial charge in [-0.3, -0.25) is 0 Å². The number of carboxylic acid groups (broad SMARTS) is 1. The standard InChI is InChI=1S/C18H24O10/c1-8(20)6-11(17(25)26)16(9-2-4-10(21)5-3-9)28-18-15(24)14(23)13(22)12(7-19)27-18/h2-5,8,12-15,18-24H,6-7H2,1H3,(H,25,26)/t8?,12-,13-,14+,15-,18+/m1/s1. The van der Waals surface area contributed by atoms with Gasteiger partial charge in [0.15, 0.2) is 0 Å². The highest BCUT2D eigenvalue weighted by molar-refractivity contribution is 5.95. The fourth-order valence-corrected chi connectivity index (χ4v) is 2.78. The lowest BCUT2D eigenvalue weighted by molar-refractivity contribution is -0.284. The highest BCUT2D eigenvalue weighted by Crippen LogP contribution is 2.31. The highest BCUT2D eigenvalue weighted by Gasteiger charge is 2.45. The van der Waals surface area contributed by atoms with Gasteiger partial charge in [0, 0.05) is 12.0 Å². The van der Waals surface area contributed by atoms with Gasteiger partial charge in [0.25, 0.3) is 0 Å². The second kappa shape index (κ2) is 9.32. The zero-order valence-electron chi connectivity index (χ0n) is 15.0. The average Bonchev–Trinajstić information content (AvgIpc) is 2.64. The number of aliphatic hydroxyl groups excluding tert-OH is 5. The Kier molecular flexibility index (Phi) is 7.35. The smallest absolute Gasteiger partial charge is 0.335 e. The molecule has 0 saturated carbocycles. The molecule has 10 nitrogen and oxygen atoms in total. The van der Waals surface area contributed by atoms with E-state index in [0.29, 0.717) is 0 Å². The molecule has 28 heavy (non-hydrogen) atoms. The van der Waals surface area contributed by atoms with Gasteiger partial charge >= 0.3 is 5.97 Å². The van der Waals surface area contributed by atoms with Crippen molar-refractivity contribution in [1.29, 1.82) is 0 Å². The Bertz CT molecular complexity index is 697. The number of benzene rings is 1. The summed E-state index contributed by atoms with van der Waals surface area (Å²) in [7, 11) is 0. The second-order valence-electron chi connectivity index (χ2n) is 6.53. The summed E-state index contributed by atoms with van der Waals surface area (Å²) in [5.74, 6) is -1.74. The monoisotopic (exact) mass is 400 g/mol. The van der Waals surface area contributed by atoms with E-state index in [1.54, 1.807) is 0 Å². The third-order valence-electron chi connectivity index (χ3n) is 4.24. The molecular formula is C18H24O10. The second-order valence-corrected chi connectivity index (χ2v) is 6.53. The molecule has 0 spiro atoms. The largest absolute Gasteiger partial charge is 0.508 e. The summed E-state index contributed by atoms with van der Waals surface area (Å²) in [5, 5.41) is 67.9. The summed E-state index contributed by atoms with van der Waals surface area (Å²) in [6.45, 7) is 0.702. The van der Waals surface area contributed by atoms with Crippen LogP contribution in [-0.4, -0.2) is 85.1 Å². The minimum absolute atomic E-state index is 0.0802. The topological polar surface area (TPSA) is 177 Å². The molecule has 1 unspecified atom stereocenters. The predicted octanol–water partition coefficient (Wildman–Crippen LogP) is -1.22. The van der Waals surface area contributed by atoms with Crippen LogP contribution in [0.1, 0.15) is 18.9 Å². The van der Waals surface area contributed by atoms with Gasteiger partial charge in [-0.05, 0) is 31.2 Å². The van der Waals surface area contributed by atoms with Crippen LogP contribution < -0.4 is 0 Å². The van der Waals surface area contributed by atoms with Crippen molar-refractivity contribution in [3.63, 3.8) is 0 Å². The van der Waals surface area contributed by atoms with Crippen molar-refractivity contribution in [2.75, 3.05) is 6.61 Å². The first-order valence-electron chi connectivity index (χ1n) is 8.56. The quantitative estimate of drug-likeness (QED) is 0.217. The maximum atomic E-state index is 11.7. The van der Waals surface area contributed by atoms with Crippen LogP contribution in [0.3, 0.4) is 0 Å². The maximum Gasteiger partial charge on any atom is 0.335 e. The first-order valence-corrected chi connectivity index (χ1v) is 8.56. The van der Waals surface area contributed by atoms with E-state index >= 15 is 0 Å². The lowest BCUT2D eigenvalue weighted by Crippen LogP contribution is -2.59. The van der Waals surface area contributed by atoms with E-state index < -0.39 is 49.4 Å². The van der Waals surface area contributed by atoms with Gasteiger partial charge in [-0.1, -0.05) is 0 Å². The fourth-order valence-electron chi connectivity index (χ4n) is 2.78. The minimum atomic E-state index is -1.74. The lowest BCUT2D eigenvalue weighted by atomic mass is 9.99. The van der Waals surface area contributed by atoms with Gasteiger partial charge in [0.2, 0.25) is 6.29 Å². The highest BCUT2D eigenvalue weighted by atomic mass is 16.7. The summed E-state index contributed by atoms with van der Waals surface area (Å²) in [6.07, 6.45) is -9.23. The van der Waals surface area contributed by atoms with E-state index in [0.717, 1.165) is 0 Å². The minimum Gasteiger partial charge on any atom is -0.508 e. The molecule has 156 valence electrons.